The Balaban J connectivity index is 2.58. The van der Waals surface area contributed by atoms with E-state index < -0.39 is 18.9 Å². The van der Waals surface area contributed by atoms with Gasteiger partial charge in [0.25, 0.3) is 5.92 Å². The molecule has 0 saturated heterocycles. The third kappa shape index (κ3) is 2.43. The summed E-state index contributed by atoms with van der Waals surface area (Å²) < 4.78 is 32.2. The monoisotopic (exact) mass is 251 g/mol. The van der Waals surface area contributed by atoms with Crippen LogP contribution in [0.5, 0.6) is 5.75 Å². The summed E-state index contributed by atoms with van der Waals surface area (Å²) in [6.07, 6.45) is -0.409. The molecule has 2 aromatic carbocycles. The lowest BCUT2D eigenvalue weighted by Crippen LogP contribution is -2.30. The van der Waals surface area contributed by atoms with Crippen LogP contribution in [0.4, 0.5) is 8.78 Å². The summed E-state index contributed by atoms with van der Waals surface area (Å²) in [5.41, 5.74) is 5.60. The summed E-state index contributed by atoms with van der Waals surface area (Å²) in [5, 5.41) is 1.70. The minimum absolute atomic E-state index is 0.409. The van der Waals surface area contributed by atoms with Crippen LogP contribution in [0.2, 0.25) is 0 Å². The van der Waals surface area contributed by atoms with E-state index in [9.17, 15) is 8.78 Å². The summed E-state index contributed by atoms with van der Waals surface area (Å²) in [6, 6.07) is 11.0. The lowest BCUT2D eigenvalue weighted by atomic mass is 9.98. The van der Waals surface area contributed by atoms with Gasteiger partial charge in [-0.25, -0.2) is 8.78 Å². The fraction of sp³-hybridized carbons (Fsp3) is 0.286. The molecular weight excluding hydrogens is 236 g/mol. The molecule has 0 saturated carbocycles. The standard InChI is InChI=1S/C14H15F2NO/c1-18-13-7-6-10-4-2-3-5-11(10)12(13)8-14(15,16)9-17/h2-7H,8-9,17H2,1H3. The van der Waals surface area contributed by atoms with E-state index >= 15 is 0 Å². The molecule has 2 rings (SSSR count). The maximum atomic E-state index is 13.5. The molecule has 0 aliphatic rings. The maximum absolute atomic E-state index is 13.5. The Morgan fingerprint density at radius 1 is 1.17 bits per heavy atom. The lowest BCUT2D eigenvalue weighted by molar-refractivity contribution is 0.0113. The normalized spacial score (nSPS) is 11.8. The molecule has 0 atom stereocenters. The van der Waals surface area contributed by atoms with Crippen molar-refractivity contribution < 1.29 is 13.5 Å². The van der Waals surface area contributed by atoms with Crippen LogP contribution in [0.1, 0.15) is 5.56 Å². The van der Waals surface area contributed by atoms with Crippen LogP contribution in [0.15, 0.2) is 36.4 Å². The predicted molar refractivity (Wildman–Crippen MR) is 68.2 cm³/mol. The van der Waals surface area contributed by atoms with Crippen molar-refractivity contribution in [2.75, 3.05) is 13.7 Å². The molecule has 0 aliphatic heterocycles. The highest BCUT2D eigenvalue weighted by atomic mass is 19.3. The fourth-order valence-corrected chi connectivity index (χ4v) is 2.02. The van der Waals surface area contributed by atoms with Gasteiger partial charge in [-0.2, -0.15) is 0 Å². The highest BCUT2D eigenvalue weighted by Crippen LogP contribution is 2.32. The third-order valence-electron chi connectivity index (χ3n) is 2.95. The number of alkyl halides is 2. The molecule has 0 amide bonds. The Morgan fingerprint density at radius 3 is 2.56 bits per heavy atom. The van der Waals surface area contributed by atoms with Gasteiger partial charge >= 0.3 is 0 Å². The smallest absolute Gasteiger partial charge is 0.264 e. The van der Waals surface area contributed by atoms with E-state index in [2.05, 4.69) is 0 Å². The van der Waals surface area contributed by atoms with E-state index in [0.29, 0.717) is 11.3 Å². The number of halogens is 2. The molecule has 96 valence electrons. The Morgan fingerprint density at radius 2 is 1.89 bits per heavy atom. The van der Waals surface area contributed by atoms with Crippen molar-refractivity contribution in [2.45, 2.75) is 12.3 Å². The summed E-state index contributed by atoms with van der Waals surface area (Å²) in [7, 11) is 1.48. The number of ether oxygens (including phenoxy) is 1. The van der Waals surface area contributed by atoms with Gasteiger partial charge in [0.1, 0.15) is 5.75 Å². The van der Waals surface area contributed by atoms with Crippen molar-refractivity contribution in [1.82, 2.24) is 0 Å². The van der Waals surface area contributed by atoms with Gasteiger partial charge in [-0.15, -0.1) is 0 Å². The average molecular weight is 251 g/mol. The molecule has 0 radical (unpaired) electrons. The van der Waals surface area contributed by atoms with Gasteiger partial charge in [-0.1, -0.05) is 30.3 Å². The van der Waals surface area contributed by atoms with Gasteiger partial charge in [-0.05, 0) is 16.8 Å². The Bertz CT molecular complexity index is 554. The number of nitrogens with two attached hydrogens (primary N) is 1. The van der Waals surface area contributed by atoms with Crippen molar-refractivity contribution in [2.24, 2.45) is 5.73 Å². The number of fused-ring (bicyclic) bond motifs is 1. The molecule has 2 aromatic rings. The first kappa shape index (κ1) is 12.8. The quantitative estimate of drug-likeness (QED) is 0.906. The molecule has 0 aliphatic carbocycles. The van der Waals surface area contributed by atoms with Crippen molar-refractivity contribution in [3.8, 4) is 5.75 Å². The molecule has 2 N–H and O–H groups in total. The summed E-state index contributed by atoms with van der Waals surface area (Å²) in [5.74, 6) is -2.45. The van der Waals surface area contributed by atoms with Crippen LogP contribution >= 0.6 is 0 Å². The van der Waals surface area contributed by atoms with E-state index in [1.807, 2.05) is 30.3 Å². The van der Waals surface area contributed by atoms with E-state index in [4.69, 9.17) is 10.5 Å². The first-order chi connectivity index (χ1) is 8.57. The third-order valence-corrected chi connectivity index (χ3v) is 2.95. The second-order valence-electron chi connectivity index (χ2n) is 4.20. The number of hydrogen-bond acceptors (Lipinski definition) is 2. The zero-order valence-corrected chi connectivity index (χ0v) is 10.1. The zero-order chi connectivity index (χ0) is 13.2. The fourth-order valence-electron chi connectivity index (χ4n) is 2.02. The van der Waals surface area contributed by atoms with Gasteiger partial charge < -0.3 is 10.5 Å². The van der Waals surface area contributed by atoms with Crippen molar-refractivity contribution >= 4 is 10.8 Å². The van der Waals surface area contributed by atoms with E-state index in [1.165, 1.54) is 7.11 Å². The van der Waals surface area contributed by atoms with Gasteiger partial charge in [-0.3, -0.25) is 0 Å². The second kappa shape index (κ2) is 4.90. The van der Waals surface area contributed by atoms with Crippen molar-refractivity contribution in [1.29, 1.82) is 0 Å². The zero-order valence-electron chi connectivity index (χ0n) is 10.1. The van der Waals surface area contributed by atoms with Crippen LogP contribution in [-0.4, -0.2) is 19.6 Å². The highest BCUT2D eigenvalue weighted by molar-refractivity contribution is 5.87. The van der Waals surface area contributed by atoms with E-state index in [-0.39, 0.29) is 0 Å². The van der Waals surface area contributed by atoms with Gasteiger partial charge in [0.15, 0.2) is 0 Å². The first-order valence-electron chi connectivity index (χ1n) is 5.70. The van der Waals surface area contributed by atoms with Crippen molar-refractivity contribution in [3.05, 3.63) is 42.0 Å². The second-order valence-corrected chi connectivity index (χ2v) is 4.20. The number of benzene rings is 2. The molecular formula is C14H15F2NO. The topological polar surface area (TPSA) is 35.2 Å². The SMILES string of the molecule is COc1ccc2ccccc2c1CC(F)(F)CN. The van der Waals surface area contributed by atoms with E-state index in [1.54, 1.807) is 6.07 Å². The Kier molecular flexibility index (Phi) is 3.48. The lowest BCUT2D eigenvalue weighted by Gasteiger charge is -2.18. The van der Waals surface area contributed by atoms with Crippen LogP contribution in [-0.2, 0) is 6.42 Å². The molecule has 2 nitrogen and oxygen atoms in total. The molecule has 0 bridgehead atoms. The molecule has 0 spiro atoms. The molecule has 0 aromatic heterocycles. The van der Waals surface area contributed by atoms with Crippen LogP contribution < -0.4 is 10.5 Å². The minimum atomic E-state index is -2.92. The highest BCUT2D eigenvalue weighted by Gasteiger charge is 2.29. The van der Waals surface area contributed by atoms with Crippen LogP contribution in [0.25, 0.3) is 10.8 Å². The van der Waals surface area contributed by atoms with Crippen LogP contribution in [0.3, 0.4) is 0 Å². The van der Waals surface area contributed by atoms with Crippen molar-refractivity contribution in [3.63, 3.8) is 0 Å². The average Bonchev–Trinajstić information content (AvgIpc) is 2.39. The predicted octanol–water partition coefficient (Wildman–Crippen LogP) is 2.98. The van der Waals surface area contributed by atoms with Crippen LogP contribution in [0, 0.1) is 0 Å². The number of hydrogen-bond donors (Lipinski definition) is 1. The summed E-state index contributed by atoms with van der Waals surface area (Å²) >= 11 is 0. The van der Waals surface area contributed by atoms with Gasteiger partial charge in [0, 0.05) is 12.0 Å². The largest absolute Gasteiger partial charge is 0.496 e. The number of rotatable bonds is 4. The minimum Gasteiger partial charge on any atom is -0.496 e. The Labute approximate surface area is 104 Å². The maximum Gasteiger partial charge on any atom is 0.264 e. The van der Waals surface area contributed by atoms with E-state index in [0.717, 1.165) is 10.8 Å². The van der Waals surface area contributed by atoms with Gasteiger partial charge in [0.2, 0.25) is 0 Å². The molecule has 18 heavy (non-hydrogen) atoms. The van der Waals surface area contributed by atoms with Gasteiger partial charge in [0.05, 0.1) is 13.7 Å². The molecule has 4 heteroatoms. The summed E-state index contributed by atoms with van der Waals surface area (Å²) in [6.45, 7) is -0.667. The Hall–Kier alpha value is -1.68. The summed E-state index contributed by atoms with van der Waals surface area (Å²) in [4.78, 5) is 0. The first-order valence-corrected chi connectivity index (χ1v) is 5.70. The molecule has 0 heterocycles. The molecule has 0 fully saturated rings. The number of methoxy groups -OCH3 is 1. The molecule has 0 unspecified atom stereocenters.